The van der Waals surface area contributed by atoms with E-state index in [0.717, 1.165) is 18.2 Å². The van der Waals surface area contributed by atoms with Crippen LogP contribution in [0.25, 0.3) is 0 Å². The lowest BCUT2D eigenvalue weighted by Gasteiger charge is -2.35. The largest absolute Gasteiger partial charge is 0.478 e. The summed E-state index contributed by atoms with van der Waals surface area (Å²) in [5, 5.41) is 17.2. The molecule has 0 aliphatic rings. The predicted molar refractivity (Wildman–Crippen MR) is 112 cm³/mol. The number of carbonyl (C=O) groups excluding carboxylic acids is 2. The van der Waals surface area contributed by atoms with Gasteiger partial charge in [0.05, 0.1) is 18.8 Å². The molecule has 2 N–H and O–H groups in total. The van der Waals surface area contributed by atoms with E-state index >= 15 is 0 Å². The van der Waals surface area contributed by atoms with Gasteiger partial charge in [-0.25, -0.2) is 19.2 Å². The number of hydrogen-bond donors (Lipinski definition) is 2. The van der Waals surface area contributed by atoms with Crippen molar-refractivity contribution in [1.82, 2.24) is 0 Å². The maximum Gasteiger partial charge on any atom is 0.331 e. The molecule has 0 aromatic carbocycles. The number of carbonyl (C=O) groups is 4. The highest BCUT2D eigenvalue weighted by molar-refractivity contribution is 5.91. The van der Waals surface area contributed by atoms with Crippen LogP contribution in [0.4, 0.5) is 0 Å². The lowest BCUT2D eigenvalue weighted by atomic mass is 9.91. The zero-order valence-corrected chi connectivity index (χ0v) is 18.7. The highest BCUT2D eigenvalue weighted by atomic mass is 16.6. The Balaban J connectivity index is 4.90. The van der Waals surface area contributed by atoms with Crippen LogP contribution < -0.4 is 0 Å². The molecule has 176 valence electrons. The Bertz CT molecular complexity index is 656. The molecule has 0 heterocycles. The molecule has 0 radical (unpaired) electrons. The van der Waals surface area contributed by atoms with E-state index < -0.39 is 35.1 Å². The molecule has 31 heavy (non-hydrogen) atoms. The average molecular weight is 443 g/mol. The minimum absolute atomic E-state index is 0.0755. The van der Waals surface area contributed by atoms with E-state index in [4.69, 9.17) is 24.4 Å². The fraction of sp³-hybridized carbons (Fsp3) is 0.636. The Kier molecular flexibility index (Phi) is 13.1. The number of hydrogen-bond acceptors (Lipinski definition) is 7. The van der Waals surface area contributed by atoms with Crippen molar-refractivity contribution in [3.05, 3.63) is 24.3 Å². The van der Waals surface area contributed by atoms with Gasteiger partial charge in [-0.3, -0.25) is 0 Å². The van der Waals surface area contributed by atoms with Crippen LogP contribution in [-0.2, 0) is 33.4 Å². The van der Waals surface area contributed by atoms with Crippen molar-refractivity contribution in [2.45, 2.75) is 77.4 Å². The van der Waals surface area contributed by atoms with Gasteiger partial charge in [0.25, 0.3) is 0 Å². The molecule has 0 aliphatic heterocycles. The third-order valence-electron chi connectivity index (χ3n) is 5.39. The van der Waals surface area contributed by atoms with Crippen LogP contribution in [0.1, 0.15) is 66.2 Å². The van der Waals surface area contributed by atoms with Crippen LogP contribution in [0.15, 0.2) is 24.3 Å². The molecule has 0 rings (SSSR count). The molecule has 0 atom stereocenters. The molecule has 0 fully saturated rings. The highest BCUT2D eigenvalue weighted by Gasteiger charge is 2.33. The lowest BCUT2D eigenvalue weighted by molar-refractivity contribution is -0.159. The monoisotopic (exact) mass is 442 g/mol. The Morgan fingerprint density at radius 2 is 1.13 bits per heavy atom. The maximum absolute atomic E-state index is 11.9. The summed E-state index contributed by atoms with van der Waals surface area (Å²) in [6.07, 6.45) is 6.46. The van der Waals surface area contributed by atoms with Gasteiger partial charge in [-0.05, 0) is 25.7 Å². The average Bonchev–Trinajstić information content (AvgIpc) is 2.74. The van der Waals surface area contributed by atoms with Gasteiger partial charge in [0.1, 0.15) is 5.60 Å². The summed E-state index contributed by atoms with van der Waals surface area (Å²) in [5.41, 5.74) is -1.32. The van der Waals surface area contributed by atoms with Gasteiger partial charge in [-0.1, -0.05) is 27.7 Å². The first-order chi connectivity index (χ1) is 14.6. The van der Waals surface area contributed by atoms with Crippen molar-refractivity contribution in [3.63, 3.8) is 0 Å². The summed E-state index contributed by atoms with van der Waals surface area (Å²) in [4.78, 5) is 44.5. The first kappa shape index (κ1) is 28.3. The second kappa shape index (κ2) is 14.3. The molecule has 9 heteroatoms. The Hall–Kier alpha value is -2.68. The zero-order chi connectivity index (χ0) is 23.9. The van der Waals surface area contributed by atoms with Crippen molar-refractivity contribution in [2.24, 2.45) is 0 Å². The number of carboxylic acid groups (broad SMARTS) is 2. The molecule has 0 unspecified atom stereocenters. The molecule has 0 aliphatic carbocycles. The van der Waals surface area contributed by atoms with Crippen LogP contribution in [-0.4, -0.2) is 58.5 Å². The summed E-state index contributed by atoms with van der Waals surface area (Å²) in [6.45, 7) is 8.06. The third kappa shape index (κ3) is 11.3. The minimum Gasteiger partial charge on any atom is -0.478 e. The summed E-state index contributed by atoms with van der Waals surface area (Å²) in [6, 6.07) is 0. The number of carboxylic acids is 2. The SMILES string of the molecule is CCC(CC)(CCOC(=O)/C=C/C(=O)O)OCCC(CC)(CC)OC(=O)/C=C/C(=O)O. The number of rotatable bonds is 16. The number of esters is 2. The van der Waals surface area contributed by atoms with E-state index in [0.29, 0.717) is 51.2 Å². The predicted octanol–water partition coefficient (Wildman–Crippen LogP) is 3.27. The molecule has 0 spiro atoms. The highest BCUT2D eigenvalue weighted by Crippen LogP contribution is 2.29. The van der Waals surface area contributed by atoms with Crippen molar-refractivity contribution >= 4 is 23.9 Å². The standard InChI is InChI=1S/C22H34O9/c1-5-21(6-2,13-15-29-19(27)11-9-17(23)24)30-16-14-22(7-3,8-4)31-20(28)12-10-18(25)26/h9-12H,5-8,13-16H2,1-4H3,(H,23,24)(H,25,26)/b11-9+,12-10+. The van der Waals surface area contributed by atoms with Gasteiger partial charge in [-0.15, -0.1) is 0 Å². The topological polar surface area (TPSA) is 136 Å². The minimum atomic E-state index is -1.23. The molecular weight excluding hydrogens is 408 g/mol. The van der Waals surface area contributed by atoms with E-state index in [1.807, 2.05) is 27.7 Å². The molecule has 0 aromatic heterocycles. The van der Waals surface area contributed by atoms with E-state index in [1.54, 1.807) is 0 Å². The van der Waals surface area contributed by atoms with E-state index in [9.17, 15) is 19.2 Å². The number of ether oxygens (including phenoxy) is 3. The van der Waals surface area contributed by atoms with Crippen LogP contribution in [0.3, 0.4) is 0 Å². The van der Waals surface area contributed by atoms with Crippen LogP contribution >= 0.6 is 0 Å². The van der Waals surface area contributed by atoms with Crippen molar-refractivity contribution in [3.8, 4) is 0 Å². The molecular formula is C22H34O9. The van der Waals surface area contributed by atoms with Crippen LogP contribution in [0.2, 0.25) is 0 Å². The Morgan fingerprint density at radius 3 is 1.58 bits per heavy atom. The molecule has 0 amide bonds. The van der Waals surface area contributed by atoms with Crippen molar-refractivity contribution in [2.75, 3.05) is 13.2 Å². The second-order valence-corrected chi connectivity index (χ2v) is 7.06. The summed E-state index contributed by atoms with van der Waals surface area (Å²) in [5.74, 6) is -3.91. The van der Waals surface area contributed by atoms with E-state index in [-0.39, 0.29) is 6.61 Å². The van der Waals surface area contributed by atoms with Gasteiger partial charge >= 0.3 is 23.9 Å². The van der Waals surface area contributed by atoms with E-state index in [2.05, 4.69) is 0 Å². The molecule has 0 bridgehead atoms. The number of aliphatic carboxylic acids is 2. The fourth-order valence-corrected chi connectivity index (χ4v) is 3.04. The van der Waals surface area contributed by atoms with Gasteiger partial charge in [0.2, 0.25) is 0 Å². The summed E-state index contributed by atoms with van der Waals surface area (Å²) < 4.78 is 16.7. The first-order valence-corrected chi connectivity index (χ1v) is 10.4. The summed E-state index contributed by atoms with van der Waals surface area (Å²) in [7, 11) is 0. The summed E-state index contributed by atoms with van der Waals surface area (Å²) >= 11 is 0. The second-order valence-electron chi connectivity index (χ2n) is 7.06. The molecule has 0 aromatic rings. The first-order valence-electron chi connectivity index (χ1n) is 10.4. The fourth-order valence-electron chi connectivity index (χ4n) is 3.04. The van der Waals surface area contributed by atoms with Crippen molar-refractivity contribution < 1.29 is 43.6 Å². The maximum atomic E-state index is 11.9. The molecule has 9 nitrogen and oxygen atoms in total. The smallest absolute Gasteiger partial charge is 0.331 e. The van der Waals surface area contributed by atoms with Gasteiger partial charge < -0.3 is 24.4 Å². The van der Waals surface area contributed by atoms with Gasteiger partial charge in [-0.2, -0.15) is 0 Å². The van der Waals surface area contributed by atoms with Crippen LogP contribution in [0.5, 0.6) is 0 Å². The quantitative estimate of drug-likeness (QED) is 0.272. The molecule has 0 saturated heterocycles. The molecule has 0 saturated carbocycles. The Labute approximate surface area is 183 Å². The normalized spacial score (nSPS) is 12.3. The van der Waals surface area contributed by atoms with Gasteiger partial charge in [0, 0.05) is 37.1 Å². The van der Waals surface area contributed by atoms with E-state index in [1.165, 1.54) is 0 Å². The van der Waals surface area contributed by atoms with Gasteiger partial charge in [0.15, 0.2) is 0 Å². The third-order valence-corrected chi connectivity index (χ3v) is 5.39. The van der Waals surface area contributed by atoms with Crippen molar-refractivity contribution in [1.29, 1.82) is 0 Å². The van der Waals surface area contributed by atoms with Crippen LogP contribution in [0, 0.1) is 0 Å². The Morgan fingerprint density at radius 1 is 0.677 bits per heavy atom. The zero-order valence-electron chi connectivity index (χ0n) is 18.7. The lowest BCUT2D eigenvalue weighted by Crippen LogP contribution is -2.38.